The maximum absolute atomic E-state index is 9.91. The number of hydrogen-bond acceptors (Lipinski definition) is 5. The quantitative estimate of drug-likeness (QED) is 0.705. The highest BCUT2D eigenvalue weighted by Crippen LogP contribution is 2.38. The predicted octanol–water partition coefficient (Wildman–Crippen LogP) is 4.41. The van der Waals surface area contributed by atoms with E-state index in [2.05, 4.69) is 30.0 Å². The summed E-state index contributed by atoms with van der Waals surface area (Å²) in [6.45, 7) is 6.53. The largest absolute Gasteiger partial charge is 0.504 e. The third kappa shape index (κ3) is 3.78. The van der Waals surface area contributed by atoms with E-state index in [1.54, 1.807) is 6.07 Å². The summed E-state index contributed by atoms with van der Waals surface area (Å²) in [5.41, 5.74) is 4.82. The standard InChI is InChI=1S/C22H23ClN2O3/c1-14-9-20(17-11-22(27-2)21(26)12-18(17)23)24-19-4-3-15(10-16(14)19)13-25-5-7-28-8-6-25/h3-4,9-12,26H,5-8,13H2,1-2H3. The maximum Gasteiger partial charge on any atom is 0.161 e. The van der Waals surface area contributed by atoms with Crippen LogP contribution in [0.15, 0.2) is 36.4 Å². The zero-order valence-corrected chi connectivity index (χ0v) is 16.8. The number of aryl methyl sites for hydroxylation is 1. The lowest BCUT2D eigenvalue weighted by molar-refractivity contribution is 0.0342. The first kappa shape index (κ1) is 19.0. The number of ether oxygens (including phenoxy) is 2. The van der Waals surface area contributed by atoms with Gasteiger partial charge in [0.1, 0.15) is 0 Å². The molecule has 0 saturated carbocycles. The third-order valence-corrected chi connectivity index (χ3v) is 5.45. The van der Waals surface area contributed by atoms with E-state index in [0.717, 1.165) is 60.6 Å². The number of phenols is 1. The Hall–Kier alpha value is -2.34. The number of nitrogens with zero attached hydrogens (tertiary/aromatic N) is 2. The van der Waals surface area contributed by atoms with Gasteiger partial charge in [-0.3, -0.25) is 4.90 Å². The van der Waals surface area contributed by atoms with Crippen molar-refractivity contribution in [2.75, 3.05) is 33.4 Å². The molecule has 146 valence electrons. The number of rotatable bonds is 4. The van der Waals surface area contributed by atoms with Crippen LogP contribution in [0.25, 0.3) is 22.2 Å². The molecule has 1 aliphatic rings. The van der Waals surface area contributed by atoms with Crippen molar-refractivity contribution in [2.24, 2.45) is 0 Å². The summed E-state index contributed by atoms with van der Waals surface area (Å²) in [7, 11) is 1.52. The molecule has 0 unspecified atom stereocenters. The normalized spacial score (nSPS) is 15.1. The van der Waals surface area contributed by atoms with Crippen molar-refractivity contribution in [3.05, 3.63) is 52.5 Å². The van der Waals surface area contributed by atoms with Crippen LogP contribution in [0.5, 0.6) is 11.5 Å². The minimum absolute atomic E-state index is 0.0153. The van der Waals surface area contributed by atoms with Gasteiger partial charge >= 0.3 is 0 Å². The summed E-state index contributed by atoms with van der Waals surface area (Å²) in [6, 6.07) is 11.6. The van der Waals surface area contributed by atoms with Crippen molar-refractivity contribution in [3.63, 3.8) is 0 Å². The Morgan fingerprint density at radius 2 is 1.96 bits per heavy atom. The number of halogens is 1. The topological polar surface area (TPSA) is 54.8 Å². The van der Waals surface area contributed by atoms with Crippen LogP contribution in [0, 0.1) is 6.92 Å². The Balaban J connectivity index is 1.70. The molecule has 28 heavy (non-hydrogen) atoms. The van der Waals surface area contributed by atoms with Crippen molar-refractivity contribution >= 4 is 22.5 Å². The van der Waals surface area contributed by atoms with Gasteiger partial charge in [-0.2, -0.15) is 0 Å². The molecular weight excluding hydrogens is 376 g/mol. The fourth-order valence-electron chi connectivity index (χ4n) is 3.60. The Bertz CT molecular complexity index is 1020. The van der Waals surface area contributed by atoms with Crippen molar-refractivity contribution < 1.29 is 14.6 Å². The molecule has 1 saturated heterocycles. The van der Waals surface area contributed by atoms with E-state index in [1.807, 2.05) is 6.07 Å². The number of hydrogen-bond donors (Lipinski definition) is 1. The SMILES string of the molecule is COc1cc(-c2cc(C)c3cc(CN4CCOCC4)ccc3n2)c(Cl)cc1O. The lowest BCUT2D eigenvalue weighted by Gasteiger charge is -2.26. The van der Waals surface area contributed by atoms with Crippen LogP contribution in [-0.2, 0) is 11.3 Å². The second-order valence-corrected chi connectivity index (χ2v) is 7.48. The van der Waals surface area contributed by atoms with Crippen molar-refractivity contribution in [1.29, 1.82) is 0 Å². The molecule has 4 rings (SSSR count). The van der Waals surface area contributed by atoms with Gasteiger partial charge in [-0.1, -0.05) is 17.7 Å². The molecule has 0 bridgehead atoms. The molecule has 2 aromatic carbocycles. The van der Waals surface area contributed by atoms with Crippen LogP contribution < -0.4 is 4.74 Å². The number of aromatic hydroxyl groups is 1. The molecule has 1 N–H and O–H groups in total. The summed E-state index contributed by atoms with van der Waals surface area (Å²) in [5, 5.41) is 11.5. The number of morpholine rings is 1. The van der Waals surface area contributed by atoms with E-state index in [1.165, 1.54) is 18.7 Å². The predicted molar refractivity (Wildman–Crippen MR) is 111 cm³/mol. The van der Waals surface area contributed by atoms with Crippen LogP contribution in [0.4, 0.5) is 0 Å². The van der Waals surface area contributed by atoms with Gasteiger partial charge in [0.05, 0.1) is 36.6 Å². The molecule has 5 nitrogen and oxygen atoms in total. The van der Waals surface area contributed by atoms with Gasteiger partial charge in [-0.15, -0.1) is 0 Å². The lowest BCUT2D eigenvalue weighted by atomic mass is 10.0. The molecule has 1 aliphatic heterocycles. The van der Waals surface area contributed by atoms with Gasteiger partial charge in [0, 0.05) is 36.7 Å². The summed E-state index contributed by atoms with van der Waals surface area (Å²) in [4.78, 5) is 7.21. The van der Waals surface area contributed by atoms with E-state index >= 15 is 0 Å². The fourth-order valence-corrected chi connectivity index (χ4v) is 3.85. The molecular formula is C22H23ClN2O3. The van der Waals surface area contributed by atoms with Gasteiger partial charge in [0.25, 0.3) is 0 Å². The summed E-state index contributed by atoms with van der Waals surface area (Å²) in [5.74, 6) is 0.390. The van der Waals surface area contributed by atoms with Crippen LogP contribution in [0.1, 0.15) is 11.1 Å². The zero-order valence-electron chi connectivity index (χ0n) is 16.0. The minimum Gasteiger partial charge on any atom is -0.504 e. The average Bonchev–Trinajstić information content (AvgIpc) is 2.69. The fraction of sp³-hybridized carbons (Fsp3) is 0.318. The Morgan fingerprint density at radius 3 is 2.71 bits per heavy atom. The van der Waals surface area contributed by atoms with Crippen LogP contribution in [0.2, 0.25) is 5.02 Å². The van der Waals surface area contributed by atoms with Gasteiger partial charge in [-0.25, -0.2) is 4.98 Å². The highest BCUT2D eigenvalue weighted by Gasteiger charge is 2.15. The molecule has 1 fully saturated rings. The molecule has 3 aromatic rings. The van der Waals surface area contributed by atoms with E-state index in [0.29, 0.717) is 10.8 Å². The highest BCUT2D eigenvalue weighted by atomic mass is 35.5. The first-order valence-electron chi connectivity index (χ1n) is 9.32. The van der Waals surface area contributed by atoms with E-state index < -0.39 is 0 Å². The maximum atomic E-state index is 9.91. The lowest BCUT2D eigenvalue weighted by Crippen LogP contribution is -2.35. The number of benzene rings is 2. The van der Waals surface area contributed by atoms with Gasteiger partial charge in [0.2, 0.25) is 0 Å². The van der Waals surface area contributed by atoms with Crippen LogP contribution >= 0.6 is 11.6 Å². The molecule has 0 amide bonds. The summed E-state index contributed by atoms with van der Waals surface area (Å²) in [6.07, 6.45) is 0. The van der Waals surface area contributed by atoms with E-state index in [4.69, 9.17) is 26.1 Å². The van der Waals surface area contributed by atoms with E-state index in [-0.39, 0.29) is 5.75 Å². The van der Waals surface area contributed by atoms with Crippen LogP contribution in [0.3, 0.4) is 0 Å². The molecule has 2 heterocycles. The number of methoxy groups -OCH3 is 1. The molecule has 0 spiro atoms. The number of pyridine rings is 1. The van der Waals surface area contributed by atoms with Crippen molar-refractivity contribution in [1.82, 2.24) is 9.88 Å². The number of phenolic OH excluding ortho intramolecular Hbond substituents is 1. The van der Waals surface area contributed by atoms with Crippen molar-refractivity contribution in [2.45, 2.75) is 13.5 Å². The van der Waals surface area contributed by atoms with Gasteiger partial charge in [0.15, 0.2) is 11.5 Å². The first-order chi connectivity index (χ1) is 13.5. The van der Waals surface area contributed by atoms with Crippen LogP contribution in [-0.4, -0.2) is 48.4 Å². The monoisotopic (exact) mass is 398 g/mol. The zero-order chi connectivity index (χ0) is 19.7. The molecule has 0 radical (unpaired) electrons. The Morgan fingerprint density at radius 1 is 1.18 bits per heavy atom. The molecule has 0 aliphatic carbocycles. The second kappa shape index (κ2) is 7.95. The Labute approximate surface area is 169 Å². The highest BCUT2D eigenvalue weighted by molar-refractivity contribution is 6.33. The van der Waals surface area contributed by atoms with Gasteiger partial charge < -0.3 is 14.6 Å². The third-order valence-electron chi connectivity index (χ3n) is 5.13. The number of aromatic nitrogens is 1. The van der Waals surface area contributed by atoms with Gasteiger partial charge in [-0.05, 0) is 42.3 Å². The summed E-state index contributed by atoms with van der Waals surface area (Å²) >= 11 is 6.36. The smallest absolute Gasteiger partial charge is 0.161 e. The van der Waals surface area contributed by atoms with E-state index in [9.17, 15) is 5.11 Å². The summed E-state index contributed by atoms with van der Waals surface area (Å²) < 4.78 is 10.6. The molecule has 0 atom stereocenters. The second-order valence-electron chi connectivity index (χ2n) is 7.07. The molecule has 1 aromatic heterocycles. The van der Waals surface area contributed by atoms with Crippen molar-refractivity contribution in [3.8, 4) is 22.8 Å². The minimum atomic E-state index is 0.0153. The first-order valence-corrected chi connectivity index (χ1v) is 9.70. The Kier molecular flexibility index (Phi) is 5.40. The average molecular weight is 399 g/mol. The molecule has 6 heteroatoms. The number of fused-ring (bicyclic) bond motifs is 1.